The summed E-state index contributed by atoms with van der Waals surface area (Å²) in [5.41, 5.74) is 5.69. The molecule has 2 N–H and O–H groups in total. The van der Waals surface area contributed by atoms with Crippen molar-refractivity contribution in [3.8, 4) is 0 Å². The van der Waals surface area contributed by atoms with Crippen LogP contribution in [0.5, 0.6) is 0 Å². The summed E-state index contributed by atoms with van der Waals surface area (Å²) in [4.78, 5) is 10.3. The van der Waals surface area contributed by atoms with Crippen LogP contribution in [0.1, 0.15) is 6.42 Å². The molecule has 62 valence electrons. The van der Waals surface area contributed by atoms with E-state index in [0.29, 0.717) is 13.2 Å². The second kappa shape index (κ2) is 2.23. The Balaban J connectivity index is 2.19. The molecule has 0 saturated carbocycles. The lowest BCUT2D eigenvalue weighted by Gasteiger charge is -2.20. The van der Waals surface area contributed by atoms with Gasteiger partial charge in [-0.1, -0.05) is 5.18 Å². The van der Waals surface area contributed by atoms with Crippen molar-refractivity contribution >= 4 is 0 Å². The minimum atomic E-state index is -1.02. The summed E-state index contributed by atoms with van der Waals surface area (Å²) in [6.45, 7) is 0.859. The molecule has 11 heavy (non-hydrogen) atoms. The third-order valence-corrected chi connectivity index (χ3v) is 2.35. The first-order valence-electron chi connectivity index (χ1n) is 3.65. The first-order valence-corrected chi connectivity index (χ1v) is 3.65. The van der Waals surface area contributed by atoms with Gasteiger partial charge in [0.1, 0.15) is 6.04 Å². The van der Waals surface area contributed by atoms with Crippen molar-refractivity contribution in [3.63, 3.8) is 0 Å². The molecule has 2 saturated heterocycles. The highest BCUT2D eigenvalue weighted by Crippen LogP contribution is 2.38. The second-order valence-corrected chi connectivity index (χ2v) is 2.95. The Labute approximate surface area is 63.8 Å². The Bertz CT molecular complexity index is 187. The largest absolute Gasteiger partial charge is 0.337 e. The molecule has 0 bridgehead atoms. The first kappa shape index (κ1) is 7.15. The summed E-state index contributed by atoms with van der Waals surface area (Å²) in [6, 6.07) is -0.317. The van der Waals surface area contributed by atoms with E-state index in [1.165, 1.54) is 0 Å². The molecular weight excluding hydrogens is 148 g/mol. The molecule has 0 radical (unpaired) electrons. The Morgan fingerprint density at radius 1 is 1.55 bits per heavy atom. The van der Waals surface area contributed by atoms with Crippen LogP contribution >= 0.6 is 0 Å². The zero-order valence-corrected chi connectivity index (χ0v) is 6.03. The number of nitroso groups, excluding NO2 is 1. The Kier molecular flexibility index (Phi) is 1.45. The molecule has 2 heterocycles. The van der Waals surface area contributed by atoms with Gasteiger partial charge in [0.15, 0.2) is 0 Å². The number of ether oxygens (including phenoxy) is 2. The molecule has 0 spiro atoms. The average Bonchev–Trinajstić information content (AvgIpc) is 2.45. The van der Waals surface area contributed by atoms with E-state index in [-0.39, 0.29) is 12.0 Å². The van der Waals surface area contributed by atoms with Crippen LogP contribution in [-0.4, -0.2) is 25.2 Å². The molecule has 5 nitrogen and oxygen atoms in total. The van der Waals surface area contributed by atoms with Gasteiger partial charge in [-0.15, -0.1) is 0 Å². The molecule has 2 aliphatic heterocycles. The van der Waals surface area contributed by atoms with Gasteiger partial charge < -0.3 is 9.47 Å². The summed E-state index contributed by atoms with van der Waals surface area (Å²) in [6.07, 6.45) is 0.771. The van der Waals surface area contributed by atoms with Crippen molar-refractivity contribution in [1.82, 2.24) is 0 Å². The van der Waals surface area contributed by atoms with Gasteiger partial charge in [-0.2, -0.15) is 4.91 Å². The Morgan fingerprint density at radius 3 is 3.09 bits per heavy atom. The van der Waals surface area contributed by atoms with Crippen LogP contribution in [0.15, 0.2) is 5.18 Å². The molecule has 5 heteroatoms. The SMILES string of the molecule is N[C@]12OCC[C@H]1C(N=O)CO2. The van der Waals surface area contributed by atoms with Gasteiger partial charge in [-0.05, 0) is 6.42 Å². The fourth-order valence-electron chi connectivity index (χ4n) is 1.70. The molecule has 0 amide bonds. The minimum absolute atomic E-state index is 0.0417. The Morgan fingerprint density at radius 2 is 2.36 bits per heavy atom. The zero-order valence-electron chi connectivity index (χ0n) is 6.03. The van der Waals surface area contributed by atoms with Crippen LogP contribution in [0.2, 0.25) is 0 Å². The van der Waals surface area contributed by atoms with Gasteiger partial charge >= 0.3 is 0 Å². The van der Waals surface area contributed by atoms with E-state index in [1.54, 1.807) is 0 Å². The molecule has 0 aliphatic carbocycles. The lowest BCUT2D eigenvalue weighted by Crippen LogP contribution is -2.44. The lowest BCUT2D eigenvalue weighted by molar-refractivity contribution is -0.191. The monoisotopic (exact) mass is 158 g/mol. The van der Waals surface area contributed by atoms with E-state index < -0.39 is 5.91 Å². The standard InChI is InChI=1S/C6H10N2O3/c7-6-4(1-2-10-6)5(8-9)3-11-6/h4-5H,1-3,7H2/t4-,5?,6-/m0/s1. The van der Waals surface area contributed by atoms with Gasteiger partial charge in [0.25, 0.3) is 0 Å². The highest BCUT2D eigenvalue weighted by molar-refractivity contribution is 4.94. The molecule has 0 aromatic rings. The van der Waals surface area contributed by atoms with Crippen molar-refractivity contribution in [2.45, 2.75) is 18.4 Å². The van der Waals surface area contributed by atoms with E-state index in [1.807, 2.05) is 0 Å². The van der Waals surface area contributed by atoms with Gasteiger partial charge in [-0.3, -0.25) is 5.73 Å². The van der Waals surface area contributed by atoms with E-state index in [4.69, 9.17) is 15.2 Å². The van der Waals surface area contributed by atoms with Crippen molar-refractivity contribution < 1.29 is 9.47 Å². The molecule has 0 aromatic carbocycles. The maximum absolute atomic E-state index is 10.3. The minimum Gasteiger partial charge on any atom is -0.337 e. The van der Waals surface area contributed by atoms with Crippen LogP contribution in [0.4, 0.5) is 0 Å². The maximum Gasteiger partial charge on any atom is 0.230 e. The quantitative estimate of drug-likeness (QED) is 0.536. The normalized spacial score (nSPS) is 49.2. The van der Waals surface area contributed by atoms with Gasteiger partial charge in [-0.25, -0.2) is 0 Å². The fourth-order valence-corrected chi connectivity index (χ4v) is 1.70. The summed E-state index contributed by atoms with van der Waals surface area (Å²) in [5.74, 6) is -1.06. The molecule has 2 fully saturated rings. The molecule has 0 aromatic heterocycles. The smallest absolute Gasteiger partial charge is 0.230 e. The summed E-state index contributed by atoms with van der Waals surface area (Å²) in [5, 5.41) is 2.94. The van der Waals surface area contributed by atoms with Crippen LogP contribution in [-0.2, 0) is 9.47 Å². The molecule has 2 aliphatic rings. The average molecular weight is 158 g/mol. The van der Waals surface area contributed by atoms with E-state index in [0.717, 1.165) is 6.42 Å². The number of nitrogens with zero attached hydrogens (tertiary/aromatic N) is 1. The third-order valence-electron chi connectivity index (χ3n) is 2.35. The number of fused-ring (bicyclic) bond motifs is 1. The predicted octanol–water partition coefficient (Wildman–Crippen LogP) is -0.199. The predicted molar refractivity (Wildman–Crippen MR) is 36.5 cm³/mol. The van der Waals surface area contributed by atoms with E-state index in [2.05, 4.69) is 5.18 Å². The number of hydrogen-bond donors (Lipinski definition) is 1. The highest BCUT2D eigenvalue weighted by atomic mass is 16.7. The molecule has 3 atom stereocenters. The summed E-state index contributed by atoms with van der Waals surface area (Å²) in [7, 11) is 0. The Hall–Kier alpha value is -0.520. The van der Waals surface area contributed by atoms with Crippen LogP contribution in [0.3, 0.4) is 0 Å². The van der Waals surface area contributed by atoms with Crippen molar-refractivity contribution in [3.05, 3.63) is 4.91 Å². The second-order valence-electron chi connectivity index (χ2n) is 2.95. The zero-order chi connectivity index (χ0) is 7.90. The van der Waals surface area contributed by atoms with Crippen LogP contribution in [0, 0.1) is 10.8 Å². The van der Waals surface area contributed by atoms with Crippen molar-refractivity contribution in [2.24, 2.45) is 16.8 Å². The van der Waals surface area contributed by atoms with E-state index >= 15 is 0 Å². The van der Waals surface area contributed by atoms with Gasteiger partial charge in [0.2, 0.25) is 5.91 Å². The number of hydrogen-bond acceptors (Lipinski definition) is 5. The number of rotatable bonds is 1. The van der Waals surface area contributed by atoms with Crippen LogP contribution < -0.4 is 5.73 Å². The number of nitrogens with two attached hydrogens (primary N) is 1. The van der Waals surface area contributed by atoms with E-state index in [9.17, 15) is 4.91 Å². The summed E-state index contributed by atoms with van der Waals surface area (Å²) >= 11 is 0. The fraction of sp³-hybridized carbons (Fsp3) is 1.00. The van der Waals surface area contributed by atoms with Crippen molar-refractivity contribution in [1.29, 1.82) is 0 Å². The van der Waals surface area contributed by atoms with Crippen LogP contribution in [0.25, 0.3) is 0 Å². The molecule has 1 unspecified atom stereocenters. The van der Waals surface area contributed by atoms with Gasteiger partial charge in [0, 0.05) is 0 Å². The first-order chi connectivity index (χ1) is 5.26. The van der Waals surface area contributed by atoms with Gasteiger partial charge in [0.05, 0.1) is 19.1 Å². The molecule has 2 rings (SSSR count). The maximum atomic E-state index is 10.3. The summed E-state index contributed by atoms with van der Waals surface area (Å²) < 4.78 is 10.3. The lowest BCUT2D eigenvalue weighted by atomic mass is 9.99. The van der Waals surface area contributed by atoms with Crippen molar-refractivity contribution in [2.75, 3.05) is 13.2 Å². The highest BCUT2D eigenvalue weighted by Gasteiger charge is 2.53. The third kappa shape index (κ3) is 0.885. The molecular formula is C6H10N2O3. The topological polar surface area (TPSA) is 73.9 Å².